The Labute approximate surface area is 277 Å². The maximum absolute atomic E-state index is 10.6. The number of aliphatic hydroxyl groups is 2. The Morgan fingerprint density at radius 3 is 1.83 bits per heavy atom. The van der Waals surface area contributed by atoms with Gasteiger partial charge in [0.1, 0.15) is 0 Å². The van der Waals surface area contributed by atoms with Gasteiger partial charge in [-0.2, -0.15) is 0 Å². The zero-order valence-corrected chi connectivity index (χ0v) is 28.9. The molecule has 0 saturated heterocycles. The second-order valence-electron chi connectivity index (χ2n) is 18.4. The summed E-state index contributed by atoms with van der Waals surface area (Å²) in [6.45, 7) is 10.4. The highest BCUT2D eigenvalue weighted by atomic mass is 16.3. The van der Waals surface area contributed by atoms with Gasteiger partial charge in [-0.25, -0.2) is 0 Å². The molecular weight excluding hydrogens is 562 g/mol. The molecule has 8 aliphatic rings. The van der Waals surface area contributed by atoms with E-state index in [-0.39, 0.29) is 33.9 Å². The average Bonchev–Trinajstić information content (AvgIpc) is 3.55. The highest BCUT2D eigenvalue weighted by Gasteiger charge is 2.61. The Morgan fingerprint density at radius 2 is 1.22 bits per heavy atom. The molecular formula is C43H57NO2. The molecule has 2 N–H and O–H groups in total. The Balaban J connectivity index is 1.09. The molecule has 0 aliphatic heterocycles. The van der Waals surface area contributed by atoms with E-state index < -0.39 is 0 Å². The van der Waals surface area contributed by atoms with E-state index in [0.29, 0.717) is 5.92 Å². The zero-order valence-electron chi connectivity index (χ0n) is 28.9. The van der Waals surface area contributed by atoms with Gasteiger partial charge in [0.05, 0.1) is 12.2 Å². The van der Waals surface area contributed by atoms with Crippen molar-refractivity contribution in [1.82, 2.24) is 4.98 Å². The molecule has 246 valence electrons. The summed E-state index contributed by atoms with van der Waals surface area (Å²) in [5.74, 6) is 4.37. The molecule has 3 nitrogen and oxygen atoms in total. The zero-order chi connectivity index (χ0) is 31.6. The summed E-state index contributed by atoms with van der Waals surface area (Å²) in [4.78, 5) is 4.71. The number of nitrogens with zero attached hydrogens (tertiary/aromatic N) is 1. The first-order valence-electron chi connectivity index (χ1n) is 19.2. The molecule has 0 amide bonds. The maximum atomic E-state index is 10.6. The van der Waals surface area contributed by atoms with Crippen LogP contribution in [0.1, 0.15) is 123 Å². The lowest BCUT2D eigenvalue weighted by Crippen LogP contribution is -2.50. The van der Waals surface area contributed by atoms with Crippen molar-refractivity contribution in [2.45, 2.75) is 130 Å². The number of hydrogen-bond acceptors (Lipinski definition) is 3. The number of rotatable bonds is 2. The van der Waals surface area contributed by atoms with Crippen LogP contribution in [0.2, 0.25) is 0 Å². The van der Waals surface area contributed by atoms with Gasteiger partial charge in [-0.05, 0) is 175 Å². The summed E-state index contributed by atoms with van der Waals surface area (Å²) in [6, 6.07) is 4.53. The third-order valence-electron chi connectivity index (χ3n) is 16.7. The third kappa shape index (κ3) is 4.00. The van der Waals surface area contributed by atoms with E-state index in [0.717, 1.165) is 68.1 Å². The fourth-order valence-corrected chi connectivity index (χ4v) is 14.3. The first-order chi connectivity index (χ1) is 22.1. The van der Waals surface area contributed by atoms with Crippen molar-refractivity contribution < 1.29 is 10.2 Å². The molecule has 8 aliphatic carbocycles. The molecule has 0 bridgehead atoms. The van der Waals surface area contributed by atoms with Gasteiger partial charge in [-0.15, -0.1) is 0 Å². The number of aliphatic hydroxyl groups excluding tert-OH is 2. The largest absolute Gasteiger partial charge is 0.393 e. The summed E-state index contributed by atoms with van der Waals surface area (Å²) in [5, 5.41) is 21.1. The third-order valence-corrected chi connectivity index (χ3v) is 16.7. The van der Waals surface area contributed by atoms with E-state index in [1.54, 1.807) is 27.9 Å². The van der Waals surface area contributed by atoms with Crippen LogP contribution in [0.15, 0.2) is 65.0 Å². The molecule has 46 heavy (non-hydrogen) atoms. The van der Waals surface area contributed by atoms with Gasteiger partial charge in [-0.1, -0.05) is 63.1 Å². The van der Waals surface area contributed by atoms with Crippen molar-refractivity contribution in [2.75, 3.05) is 0 Å². The molecule has 1 heterocycles. The fourth-order valence-electron chi connectivity index (χ4n) is 14.3. The van der Waals surface area contributed by atoms with Crippen molar-refractivity contribution in [1.29, 1.82) is 0 Å². The van der Waals surface area contributed by atoms with Gasteiger partial charge >= 0.3 is 0 Å². The Morgan fingerprint density at radius 1 is 0.630 bits per heavy atom. The molecule has 12 atom stereocenters. The maximum Gasteiger partial charge on any atom is 0.0577 e. The van der Waals surface area contributed by atoms with Crippen LogP contribution in [0.4, 0.5) is 0 Å². The van der Waals surface area contributed by atoms with Crippen molar-refractivity contribution in [3.63, 3.8) is 0 Å². The number of hydrogen-bond donors (Lipinski definition) is 2. The molecule has 3 heteroatoms. The van der Waals surface area contributed by atoms with Gasteiger partial charge in [0.15, 0.2) is 0 Å². The van der Waals surface area contributed by atoms with E-state index in [1.807, 2.05) is 6.20 Å². The monoisotopic (exact) mass is 619 g/mol. The van der Waals surface area contributed by atoms with E-state index in [1.165, 1.54) is 56.9 Å². The van der Waals surface area contributed by atoms with Crippen molar-refractivity contribution in [2.24, 2.45) is 57.2 Å². The van der Waals surface area contributed by atoms with Gasteiger partial charge < -0.3 is 10.2 Å². The first kappa shape index (κ1) is 30.1. The molecule has 0 radical (unpaired) electrons. The lowest BCUT2D eigenvalue weighted by atomic mass is 9.47. The van der Waals surface area contributed by atoms with Crippen LogP contribution < -0.4 is 0 Å². The van der Waals surface area contributed by atoms with Crippen LogP contribution in [-0.4, -0.2) is 27.4 Å². The molecule has 9 rings (SSSR count). The van der Waals surface area contributed by atoms with Crippen LogP contribution in [-0.2, 0) is 0 Å². The predicted molar refractivity (Wildman–Crippen MR) is 185 cm³/mol. The smallest absolute Gasteiger partial charge is 0.0577 e. The van der Waals surface area contributed by atoms with Crippen molar-refractivity contribution in [3.8, 4) is 0 Å². The number of pyridine rings is 1. The second kappa shape index (κ2) is 10.3. The first-order valence-corrected chi connectivity index (χ1v) is 19.2. The highest BCUT2D eigenvalue weighted by Crippen LogP contribution is 2.72. The van der Waals surface area contributed by atoms with E-state index >= 15 is 0 Å². The molecule has 1 aromatic rings. The fraction of sp³-hybridized carbons (Fsp3) is 0.698. The Bertz CT molecular complexity index is 1550. The minimum Gasteiger partial charge on any atom is -0.393 e. The normalized spacial score (nSPS) is 49.4. The Kier molecular flexibility index (Phi) is 6.72. The topological polar surface area (TPSA) is 53.4 Å². The van der Waals surface area contributed by atoms with E-state index in [4.69, 9.17) is 4.98 Å². The van der Waals surface area contributed by atoms with Crippen LogP contribution in [0.25, 0.3) is 5.57 Å². The van der Waals surface area contributed by atoms with Gasteiger partial charge in [-0.3, -0.25) is 4.98 Å². The van der Waals surface area contributed by atoms with Crippen LogP contribution in [0.3, 0.4) is 0 Å². The molecule has 0 spiro atoms. The molecule has 4 saturated carbocycles. The number of fused-ring (bicyclic) bond motifs is 10. The van der Waals surface area contributed by atoms with Crippen LogP contribution in [0.5, 0.6) is 0 Å². The number of aromatic nitrogens is 1. The average molecular weight is 620 g/mol. The SMILES string of the molecule is C[C@@]12CCC3C(CC=C4C[C@H](O)CC[C@]43C)C1CC=C2C1=C(c2cccnc2)[C@@]2(C)CCC3C(CC=C4C[C@@H](O)CC[C@@]43C)C2C1. The minimum absolute atomic E-state index is 0.132. The quantitative estimate of drug-likeness (QED) is 0.324. The van der Waals surface area contributed by atoms with Gasteiger partial charge in [0.2, 0.25) is 0 Å². The lowest BCUT2D eigenvalue weighted by molar-refractivity contribution is -0.0297. The van der Waals surface area contributed by atoms with Gasteiger partial charge in [0.25, 0.3) is 0 Å². The minimum atomic E-state index is -0.140. The van der Waals surface area contributed by atoms with Crippen LogP contribution in [0, 0.1) is 57.2 Å². The van der Waals surface area contributed by atoms with E-state index in [2.05, 4.69) is 64.3 Å². The molecule has 1 aromatic heterocycles. The Hall–Kier alpha value is -1.97. The summed E-state index contributed by atoms with van der Waals surface area (Å²) in [5.41, 5.74) is 10.6. The summed E-state index contributed by atoms with van der Waals surface area (Å²) in [7, 11) is 0. The molecule has 0 aromatic carbocycles. The number of allylic oxidation sites excluding steroid dienone is 6. The lowest BCUT2D eigenvalue weighted by Gasteiger charge is -2.58. The summed E-state index contributed by atoms with van der Waals surface area (Å²) < 4.78 is 0. The van der Waals surface area contributed by atoms with Gasteiger partial charge in [0, 0.05) is 12.4 Å². The predicted octanol–water partition coefficient (Wildman–Crippen LogP) is 9.63. The van der Waals surface area contributed by atoms with Crippen molar-refractivity contribution in [3.05, 3.63) is 70.6 Å². The van der Waals surface area contributed by atoms with Crippen molar-refractivity contribution >= 4 is 5.57 Å². The summed E-state index contributed by atoms with van der Waals surface area (Å²) >= 11 is 0. The molecule has 4 fully saturated rings. The van der Waals surface area contributed by atoms with Crippen LogP contribution >= 0.6 is 0 Å². The summed E-state index contributed by atoms with van der Waals surface area (Å²) in [6.07, 6.45) is 27.9. The molecule has 6 unspecified atom stereocenters. The second-order valence-corrected chi connectivity index (χ2v) is 18.4. The standard InChI is InChI=1S/C43H57NO2/c1-40-17-13-29(45)22-27(40)7-9-31-34-11-12-35(42(34,3)19-15-36(31)40)33-24-38-32-10-8-28-23-30(46)14-18-41(28,2)37(32)16-20-43(38,4)39(33)26-6-5-21-44-25-26/h5-8,12,21,25,29-32,34,36-38,45-46H,9-11,13-20,22-24H2,1-4H3/t29-,30+,31?,32?,34?,36?,37?,38?,40-,41+,42-,43+/m1/s1. The van der Waals surface area contributed by atoms with E-state index in [9.17, 15) is 10.2 Å². The highest BCUT2D eigenvalue weighted by molar-refractivity contribution is 5.80.